The van der Waals surface area contributed by atoms with Crippen LogP contribution in [-0.4, -0.2) is 54.4 Å². The Kier molecular flexibility index (Phi) is 6.95. The average molecular weight is 379 g/mol. The molecule has 8 heteroatoms. The van der Waals surface area contributed by atoms with Crippen LogP contribution in [0.25, 0.3) is 0 Å². The van der Waals surface area contributed by atoms with Crippen molar-refractivity contribution in [2.45, 2.75) is 50.6 Å². The molecule has 0 aromatic heterocycles. The summed E-state index contributed by atoms with van der Waals surface area (Å²) in [5, 5.41) is 13.0. The number of hydrogen-bond acceptors (Lipinski definition) is 7. The minimum absolute atomic E-state index is 0.0159. The van der Waals surface area contributed by atoms with E-state index in [1.165, 1.54) is 6.08 Å². The molecule has 4 atom stereocenters. The third kappa shape index (κ3) is 5.53. The number of aliphatic hydroxyl groups excluding tert-OH is 1. The van der Waals surface area contributed by atoms with Crippen molar-refractivity contribution < 1.29 is 33.6 Å². The molecule has 1 saturated heterocycles. The number of methoxy groups -OCH3 is 1. The Morgan fingerprint density at radius 2 is 2.00 bits per heavy atom. The highest BCUT2D eigenvalue weighted by atomic mass is 16.8. The van der Waals surface area contributed by atoms with Crippen LogP contribution in [0.2, 0.25) is 0 Å². The fraction of sp³-hybridized carbons (Fsp3) is 0.474. The Bertz CT molecular complexity index is 661. The van der Waals surface area contributed by atoms with E-state index in [9.17, 15) is 14.7 Å². The van der Waals surface area contributed by atoms with Gasteiger partial charge in [0.1, 0.15) is 24.9 Å². The number of ether oxygens (including phenoxy) is 4. The molecule has 0 bridgehead atoms. The molecule has 0 unspecified atom stereocenters. The van der Waals surface area contributed by atoms with Crippen LogP contribution in [-0.2, 0) is 30.3 Å². The van der Waals surface area contributed by atoms with Gasteiger partial charge in [-0.05, 0) is 19.4 Å². The number of carbonyl (C=O) groups is 2. The number of hydrogen-bond donors (Lipinski definition) is 2. The molecule has 1 amide bonds. The third-order valence-electron chi connectivity index (χ3n) is 4.02. The molecule has 1 aromatic carbocycles. The van der Waals surface area contributed by atoms with Gasteiger partial charge in [0, 0.05) is 0 Å². The molecular formula is C19H25NO7. The van der Waals surface area contributed by atoms with Gasteiger partial charge in [0.2, 0.25) is 0 Å². The van der Waals surface area contributed by atoms with Crippen LogP contribution in [0.3, 0.4) is 0 Å². The van der Waals surface area contributed by atoms with Crippen molar-refractivity contribution in [3.63, 3.8) is 0 Å². The smallest absolute Gasteiger partial charge is 0.408 e. The molecule has 27 heavy (non-hydrogen) atoms. The zero-order chi connectivity index (χ0) is 20.0. The lowest BCUT2D eigenvalue weighted by molar-refractivity contribution is -0.163. The number of rotatable bonds is 7. The summed E-state index contributed by atoms with van der Waals surface area (Å²) in [5.41, 5.74) is 0.781. The summed E-state index contributed by atoms with van der Waals surface area (Å²) in [6.07, 6.45) is -2.43. The Balaban J connectivity index is 2.04. The fourth-order valence-electron chi connectivity index (χ4n) is 2.76. The molecule has 2 rings (SSSR count). The quantitative estimate of drug-likeness (QED) is 0.547. The Hall–Kier alpha value is -2.42. The van der Waals surface area contributed by atoms with Crippen LogP contribution >= 0.6 is 0 Å². The Morgan fingerprint density at radius 3 is 2.59 bits per heavy atom. The van der Waals surface area contributed by atoms with E-state index >= 15 is 0 Å². The molecule has 8 nitrogen and oxygen atoms in total. The highest BCUT2D eigenvalue weighted by molar-refractivity contribution is 5.82. The summed E-state index contributed by atoms with van der Waals surface area (Å²) in [6.45, 7) is 7.00. The van der Waals surface area contributed by atoms with Crippen molar-refractivity contribution in [1.82, 2.24) is 5.32 Å². The van der Waals surface area contributed by atoms with E-state index in [-0.39, 0.29) is 6.61 Å². The van der Waals surface area contributed by atoms with E-state index in [2.05, 4.69) is 16.6 Å². The lowest BCUT2D eigenvalue weighted by Crippen LogP contribution is -2.55. The second-order valence-corrected chi connectivity index (χ2v) is 6.50. The molecule has 148 valence electrons. The number of carbonyl (C=O) groups excluding carboxylic acids is 2. The minimum atomic E-state index is -1.44. The first kappa shape index (κ1) is 20.9. The highest BCUT2D eigenvalue weighted by Gasteiger charge is 2.48. The van der Waals surface area contributed by atoms with E-state index in [0.29, 0.717) is 0 Å². The molecule has 0 spiro atoms. The monoisotopic (exact) mass is 379 g/mol. The summed E-state index contributed by atoms with van der Waals surface area (Å²) in [5.74, 6) is -1.81. The van der Waals surface area contributed by atoms with E-state index in [0.717, 1.165) is 12.7 Å². The summed E-state index contributed by atoms with van der Waals surface area (Å²) in [6, 6.07) is 7.65. The van der Waals surface area contributed by atoms with Crippen LogP contribution in [0.5, 0.6) is 0 Å². The second kappa shape index (κ2) is 8.98. The van der Waals surface area contributed by atoms with E-state index in [1.54, 1.807) is 26.0 Å². The van der Waals surface area contributed by atoms with Crippen molar-refractivity contribution in [1.29, 1.82) is 0 Å². The maximum atomic E-state index is 12.1. The standard InChI is InChI=1S/C19H25NO7/c1-5-13-16(27-19(2,3)26-13)15(21)14(17(22)24-4)20-18(23)25-11-12-9-7-6-8-10-12/h5-10,13-16,21H,1,11H2,2-4H3,(H,20,23)/t13-,14-,15+,16-/m0/s1. The van der Waals surface area contributed by atoms with Gasteiger partial charge in [-0.2, -0.15) is 0 Å². The molecular weight excluding hydrogens is 354 g/mol. The third-order valence-corrected chi connectivity index (χ3v) is 4.02. The van der Waals surface area contributed by atoms with Crippen molar-refractivity contribution >= 4 is 12.1 Å². The van der Waals surface area contributed by atoms with Gasteiger partial charge in [-0.1, -0.05) is 36.4 Å². The molecule has 0 aliphatic carbocycles. The Morgan fingerprint density at radius 1 is 1.33 bits per heavy atom. The molecule has 1 aromatic rings. The predicted octanol–water partition coefficient (Wildman–Crippen LogP) is 1.52. The lowest BCUT2D eigenvalue weighted by Gasteiger charge is -2.27. The van der Waals surface area contributed by atoms with Gasteiger partial charge in [-0.25, -0.2) is 9.59 Å². The molecule has 1 aliphatic heterocycles. The van der Waals surface area contributed by atoms with Crippen LogP contribution in [0, 0.1) is 0 Å². The largest absolute Gasteiger partial charge is 0.467 e. The zero-order valence-corrected chi connectivity index (χ0v) is 15.6. The van der Waals surface area contributed by atoms with Gasteiger partial charge in [0.05, 0.1) is 7.11 Å². The first-order valence-corrected chi connectivity index (χ1v) is 8.48. The minimum Gasteiger partial charge on any atom is -0.467 e. The second-order valence-electron chi connectivity index (χ2n) is 6.50. The molecule has 2 N–H and O–H groups in total. The molecule has 1 fully saturated rings. The number of aliphatic hydroxyl groups is 1. The van der Waals surface area contributed by atoms with E-state index < -0.39 is 42.2 Å². The number of nitrogens with one attached hydrogen (secondary N) is 1. The van der Waals surface area contributed by atoms with Crippen molar-refractivity contribution in [3.05, 3.63) is 48.6 Å². The molecule has 0 radical (unpaired) electrons. The normalized spacial score (nSPS) is 23.1. The van der Waals surface area contributed by atoms with Crippen LogP contribution < -0.4 is 5.32 Å². The van der Waals surface area contributed by atoms with Gasteiger partial charge in [0.15, 0.2) is 11.8 Å². The summed E-state index contributed by atoms with van der Waals surface area (Å²) in [7, 11) is 1.15. The van der Waals surface area contributed by atoms with Crippen molar-refractivity contribution in [2.75, 3.05) is 7.11 Å². The maximum absolute atomic E-state index is 12.1. The van der Waals surface area contributed by atoms with Gasteiger partial charge in [0.25, 0.3) is 0 Å². The van der Waals surface area contributed by atoms with Crippen molar-refractivity contribution in [3.8, 4) is 0 Å². The van der Waals surface area contributed by atoms with Gasteiger partial charge >= 0.3 is 12.1 Å². The predicted molar refractivity (Wildman–Crippen MR) is 95.6 cm³/mol. The molecule has 1 aliphatic rings. The maximum Gasteiger partial charge on any atom is 0.408 e. The first-order chi connectivity index (χ1) is 12.8. The fourth-order valence-corrected chi connectivity index (χ4v) is 2.76. The van der Waals surface area contributed by atoms with Crippen LogP contribution in [0.15, 0.2) is 43.0 Å². The SMILES string of the molecule is C=C[C@@H]1OC(C)(C)O[C@@H]1[C@H](O)[C@H](NC(=O)OCc1ccccc1)C(=O)OC. The summed E-state index contributed by atoms with van der Waals surface area (Å²) >= 11 is 0. The molecule has 0 saturated carbocycles. The topological polar surface area (TPSA) is 103 Å². The highest BCUT2D eigenvalue weighted by Crippen LogP contribution is 2.31. The first-order valence-electron chi connectivity index (χ1n) is 8.48. The van der Waals surface area contributed by atoms with Gasteiger partial charge < -0.3 is 29.4 Å². The van der Waals surface area contributed by atoms with Crippen LogP contribution in [0.4, 0.5) is 4.79 Å². The van der Waals surface area contributed by atoms with E-state index in [1.807, 2.05) is 18.2 Å². The van der Waals surface area contributed by atoms with Crippen LogP contribution in [0.1, 0.15) is 19.4 Å². The van der Waals surface area contributed by atoms with E-state index in [4.69, 9.17) is 14.2 Å². The molecule has 1 heterocycles. The zero-order valence-electron chi connectivity index (χ0n) is 15.6. The Labute approximate surface area is 158 Å². The number of alkyl carbamates (subject to hydrolysis) is 1. The van der Waals surface area contributed by atoms with Crippen molar-refractivity contribution in [2.24, 2.45) is 0 Å². The number of benzene rings is 1. The van der Waals surface area contributed by atoms with Gasteiger partial charge in [-0.3, -0.25) is 0 Å². The van der Waals surface area contributed by atoms with Gasteiger partial charge in [-0.15, -0.1) is 6.58 Å². The summed E-state index contributed by atoms with van der Waals surface area (Å²) < 4.78 is 21.1. The lowest BCUT2D eigenvalue weighted by atomic mass is 10.0. The average Bonchev–Trinajstić information content (AvgIpc) is 2.99. The number of esters is 1. The number of amides is 1. The summed E-state index contributed by atoms with van der Waals surface area (Å²) in [4.78, 5) is 24.2.